The molecule has 0 saturated carbocycles. The van der Waals surface area contributed by atoms with E-state index in [0.717, 1.165) is 0 Å². The Kier molecular flexibility index (Phi) is 3.04. The fourth-order valence-corrected chi connectivity index (χ4v) is 1.39. The van der Waals surface area contributed by atoms with Crippen molar-refractivity contribution in [3.05, 3.63) is 35.9 Å². The van der Waals surface area contributed by atoms with E-state index < -0.39 is 5.97 Å². The molecule has 6 nitrogen and oxygen atoms in total. The largest absolute Gasteiger partial charge is 0.478 e. The van der Waals surface area contributed by atoms with Gasteiger partial charge >= 0.3 is 5.97 Å². The molecule has 0 unspecified atom stereocenters. The van der Waals surface area contributed by atoms with Crippen molar-refractivity contribution in [1.82, 2.24) is 19.9 Å². The van der Waals surface area contributed by atoms with E-state index in [1.165, 1.54) is 6.20 Å². The van der Waals surface area contributed by atoms with Crippen molar-refractivity contribution < 1.29 is 9.90 Å². The van der Waals surface area contributed by atoms with E-state index in [9.17, 15) is 4.79 Å². The van der Waals surface area contributed by atoms with Crippen LogP contribution in [0.5, 0.6) is 0 Å². The van der Waals surface area contributed by atoms with E-state index in [1.807, 2.05) is 6.92 Å². The van der Waals surface area contributed by atoms with E-state index in [2.05, 4.69) is 19.9 Å². The molecule has 0 aliphatic carbocycles. The lowest BCUT2D eigenvalue weighted by atomic mass is 10.2. The average Bonchev–Trinajstić information content (AvgIpc) is 2.39. The Hall–Kier alpha value is -2.37. The van der Waals surface area contributed by atoms with Crippen molar-refractivity contribution in [1.29, 1.82) is 0 Å². The lowest BCUT2D eigenvalue weighted by Gasteiger charge is -2.04. The third-order valence-corrected chi connectivity index (χ3v) is 2.20. The maximum Gasteiger partial charge on any atom is 0.339 e. The zero-order chi connectivity index (χ0) is 12.3. The molecule has 17 heavy (non-hydrogen) atoms. The Morgan fingerprint density at radius 2 is 1.94 bits per heavy atom. The smallest absolute Gasteiger partial charge is 0.339 e. The summed E-state index contributed by atoms with van der Waals surface area (Å²) in [6, 6.07) is 1.69. The van der Waals surface area contributed by atoms with Crippen LogP contribution in [0.4, 0.5) is 0 Å². The van der Waals surface area contributed by atoms with Gasteiger partial charge < -0.3 is 5.11 Å². The molecule has 0 aromatic carbocycles. The summed E-state index contributed by atoms with van der Waals surface area (Å²) in [5.41, 5.74) is 0.599. The summed E-state index contributed by atoms with van der Waals surface area (Å²) in [6.45, 7) is 1.84. The molecule has 2 heterocycles. The van der Waals surface area contributed by atoms with Gasteiger partial charge in [-0.3, -0.25) is 0 Å². The van der Waals surface area contributed by atoms with Crippen molar-refractivity contribution >= 4 is 5.97 Å². The summed E-state index contributed by atoms with van der Waals surface area (Å²) in [4.78, 5) is 27.1. The maximum atomic E-state index is 10.9. The van der Waals surface area contributed by atoms with Gasteiger partial charge in [-0.2, -0.15) is 0 Å². The van der Waals surface area contributed by atoms with Crippen molar-refractivity contribution in [3.63, 3.8) is 0 Å². The second-order valence-electron chi connectivity index (χ2n) is 3.29. The molecule has 0 aliphatic rings. The van der Waals surface area contributed by atoms with Gasteiger partial charge in [-0.15, -0.1) is 0 Å². The molecule has 0 radical (unpaired) electrons. The Morgan fingerprint density at radius 3 is 2.53 bits per heavy atom. The first-order valence-electron chi connectivity index (χ1n) is 5.09. The highest BCUT2D eigenvalue weighted by molar-refractivity contribution is 5.88. The summed E-state index contributed by atoms with van der Waals surface area (Å²) in [5, 5.41) is 8.95. The van der Waals surface area contributed by atoms with E-state index in [-0.39, 0.29) is 5.56 Å². The van der Waals surface area contributed by atoms with Crippen LogP contribution in [0.25, 0.3) is 11.6 Å². The number of rotatable bonds is 3. The Labute approximate surface area is 97.4 Å². The molecule has 0 bridgehead atoms. The molecule has 2 aromatic rings. The van der Waals surface area contributed by atoms with Gasteiger partial charge in [0, 0.05) is 18.6 Å². The average molecular weight is 230 g/mol. The highest BCUT2D eigenvalue weighted by Crippen LogP contribution is 2.12. The highest BCUT2D eigenvalue weighted by Gasteiger charge is 2.13. The van der Waals surface area contributed by atoms with Gasteiger partial charge in [0.1, 0.15) is 0 Å². The normalized spacial score (nSPS) is 10.2. The Morgan fingerprint density at radius 1 is 1.24 bits per heavy atom. The van der Waals surface area contributed by atoms with Crippen LogP contribution in [-0.4, -0.2) is 31.0 Å². The summed E-state index contributed by atoms with van der Waals surface area (Å²) in [7, 11) is 0. The van der Waals surface area contributed by atoms with Gasteiger partial charge in [0.15, 0.2) is 11.6 Å². The minimum Gasteiger partial charge on any atom is -0.478 e. The number of carboxylic acid groups (broad SMARTS) is 1. The fourth-order valence-electron chi connectivity index (χ4n) is 1.39. The molecule has 2 aromatic heterocycles. The van der Waals surface area contributed by atoms with Gasteiger partial charge in [-0.05, 0) is 12.5 Å². The Bertz CT molecular complexity index is 542. The minimum atomic E-state index is -1.03. The van der Waals surface area contributed by atoms with Crippen molar-refractivity contribution in [2.75, 3.05) is 0 Å². The minimum absolute atomic E-state index is 0.118. The molecule has 0 saturated heterocycles. The summed E-state index contributed by atoms with van der Waals surface area (Å²) >= 11 is 0. The number of carboxylic acids is 1. The van der Waals surface area contributed by atoms with Crippen LogP contribution >= 0.6 is 0 Å². The lowest BCUT2D eigenvalue weighted by molar-refractivity contribution is 0.0694. The molecule has 0 fully saturated rings. The van der Waals surface area contributed by atoms with E-state index >= 15 is 0 Å². The molecular weight excluding hydrogens is 220 g/mol. The first-order chi connectivity index (χ1) is 8.22. The van der Waals surface area contributed by atoms with Gasteiger partial charge in [0.25, 0.3) is 0 Å². The molecule has 0 atom stereocenters. The zero-order valence-corrected chi connectivity index (χ0v) is 9.16. The number of carbonyl (C=O) groups is 1. The number of aromatic carboxylic acids is 1. The second kappa shape index (κ2) is 4.65. The molecule has 6 heteroatoms. The highest BCUT2D eigenvalue weighted by atomic mass is 16.4. The number of aryl methyl sites for hydroxylation is 1. The first kappa shape index (κ1) is 11.1. The predicted octanol–water partition coefficient (Wildman–Crippen LogP) is 1.19. The van der Waals surface area contributed by atoms with Crippen LogP contribution in [0, 0.1) is 0 Å². The van der Waals surface area contributed by atoms with Crippen molar-refractivity contribution in [2.24, 2.45) is 0 Å². The molecule has 86 valence electrons. The Balaban J connectivity index is 2.49. The number of hydrogen-bond donors (Lipinski definition) is 1. The van der Waals surface area contributed by atoms with Crippen LogP contribution < -0.4 is 0 Å². The van der Waals surface area contributed by atoms with Crippen molar-refractivity contribution in [2.45, 2.75) is 13.3 Å². The molecule has 2 rings (SSSR count). The molecular formula is C11H10N4O2. The summed E-state index contributed by atoms with van der Waals surface area (Å²) in [5.74, 6) is -0.297. The molecule has 1 N–H and O–H groups in total. The van der Waals surface area contributed by atoms with Crippen LogP contribution in [0.1, 0.15) is 23.0 Å². The van der Waals surface area contributed by atoms with Gasteiger partial charge in [0.2, 0.25) is 0 Å². The van der Waals surface area contributed by atoms with Crippen LogP contribution in [0.15, 0.2) is 24.7 Å². The van der Waals surface area contributed by atoms with Gasteiger partial charge in [-0.25, -0.2) is 24.7 Å². The van der Waals surface area contributed by atoms with Crippen LogP contribution in [0.3, 0.4) is 0 Å². The van der Waals surface area contributed by atoms with Gasteiger partial charge in [-0.1, -0.05) is 6.92 Å². The van der Waals surface area contributed by atoms with Crippen LogP contribution in [0.2, 0.25) is 0 Å². The monoisotopic (exact) mass is 230 g/mol. The molecule has 0 amide bonds. The SMILES string of the molecule is CCc1nc(-c2ncccn2)ncc1C(=O)O. The number of aromatic nitrogens is 4. The van der Waals surface area contributed by atoms with E-state index in [4.69, 9.17) is 5.11 Å². The van der Waals surface area contributed by atoms with E-state index in [1.54, 1.807) is 18.5 Å². The van der Waals surface area contributed by atoms with Crippen LogP contribution in [-0.2, 0) is 6.42 Å². The third-order valence-electron chi connectivity index (χ3n) is 2.20. The predicted molar refractivity (Wildman–Crippen MR) is 59.4 cm³/mol. The summed E-state index contributed by atoms with van der Waals surface area (Å²) in [6.07, 6.45) is 4.98. The first-order valence-corrected chi connectivity index (χ1v) is 5.09. The second-order valence-corrected chi connectivity index (χ2v) is 3.29. The summed E-state index contributed by atoms with van der Waals surface area (Å²) < 4.78 is 0. The zero-order valence-electron chi connectivity index (χ0n) is 9.16. The maximum absolute atomic E-state index is 10.9. The third kappa shape index (κ3) is 2.25. The van der Waals surface area contributed by atoms with E-state index in [0.29, 0.717) is 23.8 Å². The lowest BCUT2D eigenvalue weighted by Crippen LogP contribution is -2.07. The standard InChI is InChI=1S/C11H10N4O2/c1-2-8-7(11(16)17)6-14-10(15-8)9-12-4-3-5-13-9/h3-6H,2H2,1H3,(H,16,17). The topological polar surface area (TPSA) is 88.9 Å². The van der Waals surface area contributed by atoms with Crippen molar-refractivity contribution in [3.8, 4) is 11.6 Å². The molecule has 0 spiro atoms. The quantitative estimate of drug-likeness (QED) is 0.852. The molecule has 0 aliphatic heterocycles. The number of nitrogens with zero attached hydrogens (tertiary/aromatic N) is 4. The van der Waals surface area contributed by atoms with Gasteiger partial charge in [0.05, 0.1) is 11.3 Å². The number of hydrogen-bond acceptors (Lipinski definition) is 5. The fraction of sp³-hybridized carbons (Fsp3) is 0.182.